The van der Waals surface area contributed by atoms with Gasteiger partial charge in [0.25, 0.3) is 0 Å². The summed E-state index contributed by atoms with van der Waals surface area (Å²) in [5.74, 6) is -1.09. The lowest BCUT2D eigenvalue weighted by atomic mass is 10.4. The van der Waals surface area contributed by atoms with Gasteiger partial charge in [-0.1, -0.05) is 13.3 Å². The van der Waals surface area contributed by atoms with E-state index in [-0.39, 0.29) is 30.8 Å². The largest absolute Gasteiger partial charge is 0.465 e. The number of ether oxygens (including phenoxy) is 2. The zero-order valence-electron chi connectivity index (χ0n) is 12.5. The van der Waals surface area contributed by atoms with Gasteiger partial charge in [-0.3, -0.25) is 14.9 Å². The molecule has 0 aliphatic rings. The number of esters is 1. The van der Waals surface area contributed by atoms with Gasteiger partial charge in [0.2, 0.25) is 11.6 Å². The first-order chi connectivity index (χ1) is 10.5. The summed E-state index contributed by atoms with van der Waals surface area (Å²) >= 11 is 0. The Hall–Kier alpha value is -2.65. The topological polar surface area (TPSA) is 142 Å². The van der Waals surface area contributed by atoms with Crippen LogP contribution < -0.4 is 15.8 Å². The molecule has 22 heavy (non-hydrogen) atoms. The van der Waals surface area contributed by atoms with Crippen molar-refractivity contribution in [3.63, 3.8) is 0 Å². The number of anilines is 2. The number of hydrogen-bond acceptors (Lipinski definition) is 9. The second-order valence-electron chi connectivity index (χ2n) is 4.21. The van der Waals surface area contributed by atoms with Gasteiger partial charge in [0, 0.05) is 0 Å². The molecule has 10 heteroatoms. The first kappa shape index (κ1) is 17.4. The zero-order chi connectivity index (χ0) is 16.5. The highest BCUT2D eigenvalue weighted by Crippen LogP contribution is 2.29. The molecular formula is C12H19N5O5. The molecule has 1 rings (SSSR count). The van der Waals surface area contributed by atoms with Gasteiger partial charge in [0.1, 0.15) is 6.54 Å². The summed E-state index contributed by atoms with van der Waals surface area (Å²) in [5, 5.41) is 13.6. The maximum absolute atomic E-state index is 11.3. The Labute approximate surface area is 127 Å². The van der Waals surface area contributed by atoms with Crippen molar-refractivity contribution < 1.29 is 19.2 Å². The Morgan fingerprint density at radius 2 is 2.14 bits per heavy atom. The predicted molar refractivity (Wildman–Crippen MR) is 78.6 cm³/mol. The Morgan fingerprint density at radius 3 is 2.73 bits per heavy atom. The van der Waals surface area contributed by atoms with Crippen LogP contribution in [0, 0.1) is 10.1 Å². The molecule has 0 saturated carbocycles. The monoisotopic (exact) mass is 313 g/mol. The highest BCUT2D eigenvalue weighted by atomic mass is 16.6. The molecule has 0 radical (unpaired) electrons. The number of nitrogens with one attached hydrogen (secondary N) is 1. The lowest BCUT2D eigenvalue weighted by molar-refractivity contribution is -0.383. The summed E-state index contributed by atoms with van der Waals surface area (Å²) in [5.41, 5.74) is 5.06. The number of nitrogens with two attached hydrogens (primary N) is 1. The third-order valence-electron chi connectivity index (χ3n) is 2.51. The minimum atomic E-state index is -0.724. The van der Waals surface area contributed by atoms with Gasteiger partial charge in [-0.2, -0.15) is 9.97 Å². The molecule has 10 nitrogen and oxygen atoms in total. The number of aromatic nitrogens is 2. The molecular weight excluding hydrogens is 294 g/mol. The van der Waals surface area contributed by atoms with Gasteiger partial charge in [-0.15, -0.1) is 0 Å². The Morgan fingerprint density at radius 1 is 1.41 bits per heavy atom. The van der Waals surface area contributed by atoms with Crippen molar-refractivity contribution in [3.05, 3.63) is 10.1 Å². The van der Waals surface area contributed by atoms with E-state index >= 15 is 0 Å². The second kappa shape index (κ2) is 8.60. The summed E-state index contributed by atoms with van der Waals surface area (Å²) in [6, 6.07) is -0.0806. The van der Waals surface area contributed by atoms with Gasteiger partial charge >= 0.3 is 17.7 Å². The number of nitro groups is 1. The number of carbonyl (C=O) groups excluding carboxylic acids is 1. The van der Waals surface area contributed by atoms with Crippen molar-refractivity contribution in [2.75, 3.05) is 30.8 Å². The summed E-state index contributed by atoms with van der Waals surface area (Å²) < 4.78 is 10.0. The van der Waals surface area contributed by atoms with Crippen LogP contribution in [0.3, 0.4) is 0 Å². The molecule has 1 heterocycles. The lowest BCUT2D eigenvalue weighted by Crippen LogP contribution is -2.19. The number of nitrogen functional groups attached to an aromatic ring is 1. The van der Waals surface area contributed by atoms with Crippen LogP contribution in [0.15, 0.2) is 0 Å². The van der Waals surface area contributed by atoms with Crippen LogP contribution in [0.5, 0.6) is 6.01 Å². The number of hydrogen-bond donors (Lipinski definition) is 2. The van der Waals surface area contributed by atoms with E-state index in [1.54, 1.807) is 6.92 Å². The summed E-state index contributed by atoms with van der Waals surface area (Å²) in [6.07, 6.45) is 1.70. The first-order valence-corrected chi connectivity index (χ1v) is 6.83. The van der Waals surface area contributed by atoms with E-state index in [2.05, 4.69) is 15.3 Å². The van der Waals surface area contributed by atoms with E-state index in [9.17, 15) is 14.9 Å². The smallest absolute Gasteiger partial charge is 0.353 e. The van der Waals surface area contributed by atoms with Crippen molar-refractivity contribution >= 4 is 23.3 Å². The molecule has 0 spiro atoms. The fourth-order valence-corrected chi connectivity index (χ4v) is 1.49. The van der Waals surface area contributed by atoms with E-state index in [0.717, 1.165) is 12.8 Å². The van der Waals surface area contributed by atoms with Gasteiger partial charge < -0.3 is 20.5 Å². The molecule has 0 aliphatic carbocycles. The molecule has 0 aromatic carbocycles. The number of nitrogens with zero attached hydrogens (tertiary/aromatic N) is 3. The zero-order valence-corrected chi connectivity index (χ0v) is 12.5. The maximum atomic E-state index is 11.3. The number of carbonyl (C=O) groups is 1. The molecule has 1 aromatic rings. The standard InChI is InChI=1S/C12H19N5O5/c1-3-5-6-22-12-15-10(13)9(17(19)20)11(16-12)14-7-8(18)21-4-2/h3-7H2,1-2H3,(H3,13,14,15,16). The lowest BCUT2D eigenvalue weighted by Gasteiger charge is -2.09. The van der Waals surface area contributed by atoms with Crippen LogP contribution in [0.4, 0.5) is 17.3 Å². The number of rotatable bonds is 9. The van der Waals surface area contributed by atoms with Gasteiger partial charge in [0.05, 0.1) is 18.1 Å². The molecule has 122 valence electrons. The average Bonchev–Trinajstić information content (AvgIpc) is 2.45. The molecule has 3 N–H and O–H groups in total. The molecule has 0 unspecified atom stereocenters. The van der Waals surface area contributed by atoms with Crippen LogP contribution in [-0.2, 0) is 9.53 Å². The van der Waals surface area contributed by atoms with E-state index in [4.69, 9.17) is 15.2 Å². The maximum Gasteiger partial charge on any atom is 0.353 e. The molecule has 0 saturated heterocycles. The summed E-state index contributed by atoms with van der Waals surface area (Å²) in [4.78, 5) is 29.2. The SMILES string of the molecule is CCCCOc1nc(N)c([N+](=O)[O-])c(NCC(=O)OCC)n1. The fourth-order valence-electron chi connectivity index (χ4n) is 1.49. The van der Waals surface area contributed by atoms with Gasteiger partial charge in [-0.25, -0.2) is 0 Å². The third-order valence-corrected chi connectivity index (χ3v) is 2.51. The Balaban J connectivity index is 2.93. The normalized spacial score (nSPS) is 10.1. The highest BCUT2D eigenvalue weighted by molar-refractivity contribution is 5.77. The van der Waals surface area contributed by atoms with E-state index in [1.165, 1.54) is 0 Å². The minimum absolute atomic E-state index is 0.0806. The Kier molecular flexibility index (Phi) is 6.80. The van der Waals surface area contributed by atoms with Gasteiger partial charge in [-0.05, 0) is 13.3 Å². The molecule has 0 atom stereocenters. The molecule has 0 fully saturated rings. The first-order valence-electron chi connectivity index (χ1n) is 6.83. The fraction of sp³-hybridized carbons (Fsp3) is 0.583. The van der Waals surface area contributed by atoms with Crippen molar-refractivity contribution in [1.82, 2.24) is 9.97 Å². The molecule has 0 amide bonds. The van der Waals surface area contributed by atoms with Crippen LogP contribution >= 0.6 is 0 Å². The van der Waals surface area contributed by atoms with E-state index in [0.29, 0.717) is 6.61 Å². The average molecular weight is 313 g/mol. The molecule has 1 aromatic heterocycles. The third kappa shape index (κ3) is 5.04. The van der Waals surface area contributed by atoms with Crippen LogP contribution in [-0.4, -0.2) is 40.6 Å². The van der Waals surface area contributed by atoms with Crippen molar-refractivity contribution in [2.24, 2.45) is 0 Å². The quantitative estimate of drug-likeness (QED) is 0.296. The predicted octanol–water partition coefficient (Wildman–Crippen LogP) is 1.12. The molecule has 0 aliphatic heterocycles. The van der Waals surface area contributed by atoms with Crippen molar-refractivity contribution in [2.45, 2.75) is 26.7 Å². The van der Waals surface area contributed by atoms with Crippen LogP contribution in [0.1, 0.15) is 26.7 Å². The van der Waals surface area contributed by atoms with E-state index in [1.807, 2.05) is 6.92 Å². The van der Waals surface area contributed by atoms with Gasteiger partial charge in [0.15, 0.2) is 0 Å². The highest BCUT2D eigenvalue weighted by Gasteiger charge is 2.24. The van der Waals surface area contributed by atoms with E-state index < -0.39 is 16.6 Å². The Bertz CT molecular complexity index is 537. The summed E-state index contributed by atoms with van der Waals surface area (Å²) in [6.45, 7) is 3.94. The summed E-state index contributed by atoms with van der Waals surface area (Å²) in [7, 11) is 0. The van der Waals surface area contributed by atoms with Crippen LogP contribution in [0.25, 0.3) is 0 Å². The number of unbranched alkanes of at least 4 members (excludes halogenated alkanes) is 1. The van der Waals surface area contributed by atoms with Crippen molar-refractivity contribution in [3.8, 4) is 6.01 Å². The molecule has 0 bridgehead atoms. The van der Waals surface area contributed by atoms with Crippen molar-refractivity contribution in [1.29, 1.82) is 0 Å². The van der Waals surface area contributed by atoms with Crippen LogP contribution in [0.2, 0.25) is 0 Å². The second-order valence-corrected chi connectivity index (χ2v) is 4.21. The minimum Gasteiger partial charge on any atom is -0.465 e.